The Morgan fingerprint density at radius 1 is 1.27 bits per heavy atom. The van der Waals surface area contributed by atoms with Crippen molar-refractivity contribution < 1.29 is 0 Å². The Bertz CT molecular complexity index is 267. The highest BCUT2D eigenvalue weighted by atomic mass is 15.1. The Morgan fingerprint density at radius 2 is 2.07 bits per heavy atom. The molecule has 1 N–H and O–H groups in total. The average Bonchev–Trinajstić information content (AvgIpc) is 2.23. The smallest absolute Gasteiger partial charge is 0.115 e. The Kier molecular flexibility index (Phi) is 4.05. The molecule has 1 aliphatic heterocycles. The van der Waals surface area contributed by atoms with Gasteiger partial charge in [-0.25, -0.2) is 9.97 Å². The fourth-order valence-corrected chi connectivity index (χ4v) is 1.89. The van der Waals surface area contributed by atoms with Gasteiger partial charge in [0.15, 0.2) is 0 Å². The number of aromatic nitrogens is 2. The fraction of sp³-hybridized carbons (Fsp3) is 0.636. The van der Waals surface area contributed by atoms with Gasteiger partial charge < -0.3 is 5.32 Å². The van der Waals surface area contributed by atoms with E-state index in [2.05, 4.69) is 20.2 Å². The molecule has 2 heterocycles. The highest BCUT2D eigenvalue weighted by molar-refractivity contribution is 4.97. The highest BCUT2D eigenvalue weighted by Crippen LogP contribution is 2.03. The minimum absolute atomic E-state index is 0.961. The molecule has 0 spiro atoms. The van der Waals surface area contributed by atoms with Crippen LogP contribution in [0.25, 0.3) is 0 Å². The summed E-state index contributed by atoms with van der Waals surface area (Å²) in [5.74, 6) is 0. The van der Waals surface area contributed by atoms with Crippen LogP contribution in [0.1, 0.15) is 18.5 Å². The topological polar surface area (TPSA) is 41.0 Å². The van der Waals surface area contributed by atoms with E-state index >= 15 is 0 Å². The number of hydrogen-bond donors (Lipinski definition) is 1. The first-order valence-corrected chi connectivity index (χ1v) is 5.63. The zero-order valence-electron chi connectivity index (χ0n) is 9.02. The van der Waals surface area contributed by atoms with E-state index in [1.165, 1.54) is 12.8 Å². The van der Waals surface area contributed by atoms with Gasteiger partial charge >= 0.3 is 0 Å². The third-order valence-electron chi connectivity index (χ3n) is 2.68. The van der Waals surface area contributed by atoms with Crippen LogP contribution in [0.5, 0.6) is 0 Å². The summed E-state index contributed by atoms with van der Waals surface area (Å²) in [5.41, 5.74) is 1.12. The van der Waals surface area contributed by atoms with Crippen molar-refractivity contribution in [3.05, 3.63) is 24.3 Å². The van der Waals surface area contributed by atoms with Crippen molar-refractivity contribution in [3.8, 4) is 0 Å². The normalized spacial score (nSPS) is 19.5. The summed E-state index contributed by atoms with van der Waals surface area (Å²) in [6.07, 6.45) is 5.89. The Labute approximate surface area is 90.7 Å². The molecule has 0 bridgehead atoms. The predicted octanol–water partition coefficient (Wildman–Crippen LogP) is 0.662. The molecule has 0 amide bonds. The van der Waals surface area contributed by atoms with Gasteiger partial charge in [-0.15, -0.1) is 0 Å². The summed E-state index contributed by atoms with van der Waals surface area (Å²) in [6.45, 7) is 5.57. The van der Waals surface area contributed by atoms with Crippen LogP contribution in [0.3, 0.4) is 0 Å². The van der Waals surface area contributed by atoms with Gasteiger partial charge in [-0.1, -0.05) is 0 Å². The monoisotopic (exact) mass is 206 g/mol. The summed E-state index contributed by atoms with van der Waals surface area (Å²) in [4.78, 5) is 10.7. The van der Waals surface area contributed by atoms with Gasteiger partial charge in [-0.3, -0.25) is 4.90 Å². The first-order valence-electron chi connectivity index (χ1n) is 5.63. The van der Waals surface area contributed by atoms with E-state index in [9.17, 15) is 0 Å². The molecule has 1 aliphatic rings. The van der Waals surface area contributed by atoms with Crippen molar-refractivity contribution in [2.45, 2.75) is 19.4 Å². The SMILES string of the molecule is c1cc(CN2CCCNCCC2)ncn1. The molecule has 0 aromatic carbocycles. The largest absolute Gasteiger partial charge is 0.317 e. The van der Waals surface area contributed by atoms with E-state index in [4.69, 9.17) is 0 Å². The molecule has 82 valence electrons. The Balaban J connectivity index is 1.86. The Hall–Kier alpha value is -1.00. The van der Waals surface area contributed by atoms with Crippen LogP contribution < -0.4 is 5.32 Å². The molecule has 2 rings (SSSR count). The highest BCUT2D eigenvalue weighted by Gasteiger charge is 2.08. The summed E-state index contributed by atoms with van der Waals surface area (Å²) < 4.78 is 0. The van der Waals surface area contributed by atoms with Crippen molar-refractivity contribution in [2.75, 3.05) is 26.2 Å². The molecule has 0 unspecified atom stereocenters. The first kappa shape index (κ1) is 10.5. The molecule has 1 saturated heterocycles. The first-order chi connectivity index (χ1) is 7.45. The van der Waals surface area contributed by atoms with Gasteiger partial charge in [0.25, 0.3) is 0 Å². The third-order valence-corrected chi connectivity index (χ3v) is 2.68. The lowest BCUT2D eigenvalue weighted by molar-refractivity contribution is 0.242. The van der Waals surface area contributed by atoms with Crippen LogP contribution in [0.2, 0.25) is 0 Å². The summed E-state index contributed by atoms with van der Waals surface area (Å²) in [6, 6.07) is 2.00. The van der Waals surface area contributed by atoms with Crippen LogP contribution >= 0.6 is 0 Å². The number of rotatable bonds is 2. The molecule has 0 saturated carbocycles. The third kappa shape index (κ3) is 3.57. The van der Waals surface area contributed by atoms with Crippen molar-refractivity contribution in [1.29, 1.82) is 0 Å². The zero-order chi connectivity index (χ0) is 10.3. The molecule has 0 atom stereocenters. The van der Waals surface area contributed by atoms with Crippen molar-refractivity contribution in [1.82, 2.24) is 20.2 Å². The lowest BCUT2D eigenvalue weighted by Gasteiger charge is -2.24. The van der Waals surface area contributed by atoms with Crippen LogP contribution in [-0.4, -0.2) is 41.0 Å². The van der Waals surface area contributed by atoms with Gasteiger partial charge in [0.2, 0.25) is 0 Å². The van der Waals surface area contributed by atoms with Gasteiger partial charge in [0.05, 0.1) is 5.69 Å². The second kappa shape index (κ2) is 5.78. The van der Waals surface area contributed by atoms with Crippen molar-refractivity contribution >= 4 is 0 Å². The minimum atomic E-state index is 0.961. The average molecular weight is 206 g/mol. The van der Waals surface area contributed by atoms with E-state index in [0.29, 0.717) is 0 Å². The lowest BCUT2D eigenvalue weighted by Crippen LogP contribution is -2.33. The van der Waals surface area contributed by atoms with Gasteiger partial charge in [-0.05, 0) is 45.1 Å². The van der Waals surface area contributed by atoms with E-state index in [-0.39, 0.29) is 0 Å². The molecule has 4 heteroatoms. The lowest BCUT2D eigenvalue weighted by atomic mass is 10.2. The summed E-state index contributed by atoms with van der Waals surface area (Å²) in [7, 11) is 0. The quantitative estimate of drug-likeness (QED) is 0.772. The van der Waals surface area contributed by atoms with Crippen molar-refractivity contribution in [2.24, 2.45) is 0 Å². The summed E-state index contributed by atoms with van der Waals surface area (Å²) >= 11 is 0. The molecular weight excluding hydrogens is 188 g/mol. The summed E-state index contributed by atoms with van der Waals surface area (Å²) in [5, 5.41) is 3.42. The van der Waals surface area contributed by atoms with E-state index in [1.807, 2.05) is 12.3 Å². The second-order valence-corrected chi connectivity index (χ2v) is 3.93. The fourth-order valence-electron chi connectivity index (χ4n) is 1.89. The van der Waals surface area contributed by atoms with Crippen LogP contribution in [0.15, 0.2) is 18.6 Å². The maximum absolute atomic E-state index is 4.26. The molecule has 1 aromatic heterocycles. The minimum Gasteiger partial charge on any atom is -0.317 e. The molecule has 1 fully saturated rings. The van der Waals surface area contributed by atoms with Crippen LogP contribution in [0, 0.1) is 0 Å². The molecule has 0 radical (unpaired) electrons. The zero-order valence-corrected chi connectivity index (χ0v) is 9.02. The standard InChI is InChI=1S/C11H18N4/c1-4-12-5-2-8-15(7-1)9-11-3-6-13-10-14-11/h3,6,10,12H,1-2,4-5,7-9H2. The van der Waals surface area contributed by atoms with E-state index < -0.39 is 0 Å². The maximum Gasteiger partial charge on any atom is 0.115 e. The number of hydrogen-bond acceptors (Lipinski definition) is 4. The van der Waals surface area contributed by atoms with Gasteiger partial charge in [0.1, 0.15) is 6.33 Å². The van der Waals surface area contributed by atoms with Crippen molar-refractivity contribution in [3.63, 3.8) is 0 Å². The maximum atomic E-state index is 4.26. The second-order valence-electron chi connectivity index (χ2n) is 3.93. The number of nitrogens with one attached hydrogen (secondary N) is 1. The molecule has 4 nitrogen and oxygen atoms in total. The van der Waals surface area contributed by atoms with Crippen LogP contribution in [-0.2, 0) is 6.54 Å². The molecule has 15 heavy (non-hydrogen) atoms. The van der Waals surface area contributed by atoms with Gasteiger partial charge in [0, 0.05) is 12.7 Å². The number of nitrogens with zero attached hydrogens (tertiary/aromatic N) is 3. The Morgan fingerprint density at radius 3 is 2.73 bits per heavy atom. The van der Waals surface area contributed by atoms with E-state index in [1.54, 1.807) is 6.33 Å². The van der Waals surface area contributed by atoms with E-state index in [0.717, 1.165) is 38.4 Å². The molecule has 0 aliphatic carbocycles. The molecule has 1 aromatic rings. The van der Waals surface area contributed by atoms with Gasteiger partial charge in [-0.2, -0.15) is 0 Å². The van der Waals surface area contributed by atoms with Crippen LogP contribution in [0.4, 0.5) is 0 Å². The molecular formula is C11H18N4. The predicted molar refractivity (Wildman–Crippen MR) is 59.4 cm³/mol.